The highest BCUT2D eigenvalue weighted by molar-refractivity contribution is 9.10. The van der Waals surface area contributed by atoms with E-state index >= 15 is 0 Å². The van der Waals surface area contributed by atoms with E-state index in [9.17, 15) is 4.79 Å². The fraction of sp³-hybridized carbons (Fsp3) is 0.375. The Kier molecular flexibility index (Phi) is 4.43. The van der Waals surface area contributed by atoms with Crippen LogP contribution in [0.25, 0.3) is 0 Å². The fourth-order valence-electron chi connectivity index (χ4n) is 2.32. The molecule has 1 aromatic carbocycles. The standard InChI is InChI=1S/C16H19BrN2O/c1-10(2)8-15-11(3)18-19(12(15)4)16(20)13-6-5-7-14(17)9-13/h5-7,9-10H,8H2,1-4H3. The minimum Gasteiger partial charge on any atom is -0.267 e. The van der Waals surface area contributed by atoms with Crippen molar-refractivity contribution in [2.75, 3.05) is 0 Å². The van der Waals surface area contributed by atoms with Crippen molar-refractivity contribution in [2.24, 2.45) is 5.92 Å². The third kappa shape index (κ3) is 3.01. The lowest BCUT2D eigenvalue weighted by Gasteiger charge is -2.06. The fourth-order valence-corrected chi connectivity index (χ4v) is 2.72. The van der Waals surface area contributed by atoms with Gasteiger partial charge in [0.2, 0.25) is 0 Å². The topological polar surface area (TPSA) is 34.9 Å². The van der Waals surface area contributed by atoms with Crippen LogP contribution in [0.5, 0.6) is 0 Å². The summed E-state index contributed by atoms with van der Waals surface area (Å²) < 4.78 is 2.42. The zero-order valence-electron chi connectivity index (χ0n) is 12.3. The van der Waals surface area contributed by atoms with Crippen LogP contribution in [0.15, 0.2) is 28.7 Å². The predicted molar refractivity (Wildman–Crippen MR) is 84.1 cm³/mol. The minimum atomic E-state index is -0.0816. The van der Waals surface area contributed by atoms with Crippen LogP contribution in [0.1, 0.15) is 41.2 Å². The Morgan fingerprint density at radius 3 is 2.65 bits per heavy atom. The highest BCUT2D eigenvalue weighted by atomic mass is 79.9. The number of hydrogen-bond donors (Lipinski definition) is 0. The van der Waals surface area contributed by atoms with E-state index in [0.717, 1.165) is 22.3 Å². The summed E-state index contributed by atoms with van der Waals surface area (Å²) in [5.74, 6) is 0.466. The zero-order valence-corrected chi connectivity index (χ0v) is 13.9. The molecule has 20 heavy (non-hydrogen) atoms. The maximum Gasteiger partial charge on any atom is 0.278 e. The first-order valence-electron chi connectivity index (χ1n) is 6.75. The third-order valence-corrected chi connectivity index (χ3v) is 3.81. The first-order valence-corrected chi connectivity index (χ1v) is 7.54. The van der Waals surface area contributed by atoms with E-state index in [1.54, 1.807) is 0 Å². The molecule has 1 aromatic heterocycles. The Hall–Kier alpha value is -1.42. The van der Waals surface area contributed by atoms with E-state index < -0.39 is 0 Å². The van der Waals surface area contributed by atoms with Gasteiger partial charge in [0.15, 0.2) is 0 Å². The van der Waals surface area contributed by atoms with E-state index in [1.807, 2.05) is 38.1 Å². The van der Waals surface area contributed by atoms with Crippen LogP contribution < -0.4 is 0 Å². The SMILES string of the molecule is Cc1nn(C(=O)c2cccc(Br)c2)c(C)c1CC(C)C. The van der Waals surface area contributed by atoms with Gasteiger partial charge in [-0.05, 0) is 49.9 Å². The molecule has 0 N–H and O–H groups in total. The maximum atomic E-state index is 12.6. The number of benzene rings is 1. The highest BCUT2D eigenvalue weighted by Gasteiger charge is 2.18. The molecular weight excluding hydrogens is 316 g/mol. The second-order valence-corrected chi connectivity index (χ2v) is 6.39. The van der Waals surface area contributed by atoms with Gasteiger partial charge in [0, 0.05) is 15.7 Å². The van der Waals surface area contributed by atoms with Crippen LogP contribution in [0.3, 0.4) is 0 Å². The van der Waals surface area contributed by atoms with Gasteiger partial charge in [0.25, 0.3) is 5.91 Å². The lowest BCUT2D eigenvalue weighted by Crippen LogP contribution is -2.15. The van der Waals surface area contributed by atoms with Crippen molar-refractivity contribution in [1.29, 1.82) is 0 Å². The van der Waals surface area contributed by atoms with Gasteiger partial charge in [-0.15, -0.1) is 0 Å². The molecule has 0 bridgehead atoms. The lowest BCUT2D eigenvalue weighted by molar-refractivity contribution is 0.0942. The summed E-state index contributed by atoms with van der Waals surface area (Å²) in [4.78, 5) is 12.6. The van der Waals surface area contributed by atoms with E-state index in [0.29, 0.717) is 11.5 Å². The molecule has 0 fully saturated rings. The Morgan fingerprint density at radius 1 is 1.35 bits per heavy atom. The summed E-state index contributed by atoms with van der Waals surface area (Å²) in [7, 11) is 0. The Morgan fingerprint density at radius 2 is 2.05 bits per heavy atom. The lowest BCUT2D eigenvalue weighted by atomic mass is 10.0. The van der Waals surface area contributed by atoms with Crippen molar-refractivity contribution < 1.29 is 4.79 Å². The molecule has 2 aromatic rings. The number of hydrogen-bond acceptors (Lipinski definition) is 2. The van der Waals surface area contributed by atoms with Gasteiger partial charge in [0.1, 0.15) is 0 Å². The van der Waals surface area contributed by atoms with Crippen molar-refractivity contribution in [3.05, 3.63) is 51.3 Å². The first kappa shape index (κ1) is 15.0. The molecule has 0 amide bonds. The average molecular weight is 335 g/mol. The van der Waals surface area contributed by atoms with Gasteiger partial charge in [0.05, 0.1) is 5.69 Å². The Labute approximate surface area is 128 Å². The third-order valence-electron chi connectivity index (χ3n) is 3.32. The molecule has 0 aliphatic carbocycles. The molecule has 0 aliphatic heterocycles. The monoisotopic (exact) mass is 334 g/mol. The molecule has 0 saturated carbocycles. The van der Waals surface area contributed by atoms with E-state index in [2.05, 4.69) is 34.9 Å². The number of halogens is 1. The van der Waals surface area contributed by atoms with Crippen LogP contribution in [0.4, 0.5) is 0 Å². The van der Waals surface area contributed by atoms with Crippen LogP contribution in [-0.2, 0) is 6.42 Å². The molecule has 2 rings (SSSR count). The quantitative estimate of drug-likeness (QED) is 0.845. The van der Waals surface area contributed by atoms with Crippen LogP contribution in [0.2, 0.25) is 0 Å². The number of aromatic nitrogens is 2. The number of carbonyl (C=O) groups excluding carboxylic acids is 1. The van der Waals surface area contributed by atoms with Crippen molar-refractivity contribution >= 4 is 21.8 Å². The molecule has 0 saturated heterocycles. The van der Waals surface area contributed by atoms with Crippen molar-refractivity contribution in [3.8, 4) is 0 Å². The van der Waals surface area contributed by atoms with Crippen LogP contribution in [0, 0.1) is 19.8 Å². The minimum absolute atomic E-state index is 0.0816. The number of nitrogens with zero attached hydrogens (tertiary/aromatic N) is 2. The van der Waals surface area contributed by atoms with Gasteiger partial charge in [-0.3, -0.25) is 4.79 Å². The molecule has 0 atom stereocenters. The average Bonchev–Trinajstić information content (AvgIpc) is 2.65. The van der Waals surface area contributed by atoms with Crippen molar-refractivity contribution in [1.82, 2.24) is 9.78 Å². The molecule has 0 unspecified atom stereocenters. The van der Waals surface area contributed by atoms with Gasteiger partial charge in [-0.25, -0.2) is 4.68 Å². The summed E-state index contributed by atoms with van der Waals surface area (Å²) >= 11 is 3.39. The Bertz CT molecular complexity index is 644. The second kappa shape index (κ2) is 5.92. The second-order valence-electron chi connectivity index (χ2n) is 5.47. The van der Waals surface area contributed by atoms with Crippen LogP contribution in [-0.4, -0.2) is 15.7 Å². The number of rotatable bonds is 3. The van der Waals surface area contributed by atoms with E-state index in [1.165, 1.54) is 10.2 Å². The van der Waals surface area contributed by atoms with Gasteiger partial charge in [-0.1, -0.05) is 35.8 Å². The summed E-state index contributed by atoms with van der Waals surface area (Å²) in [6.07, 6.45) is 0.948. The van der Waals surface area contributed by atoms with E-state index in [4.69, 9.17) is 0 Å². The molecular formula is C16H19BrN2O. The summed E-state index contributed by atoms with van der Waals surface area (Å²) in [6, 6.07) is 7.40. The van der Waals surface area contributed by atoms with Crippen molar-refractivity contribution in [2.45, 2.75) is 34.1 Å². The zero-order chi connectivity index (χ0) is 14.9. The molecule has 0 spiro atoms. The molecule has 0 aliphatic rings. The predicted octanol–water partition coefficient (Wildman–Crippen LogP) is 4.15. The van der Waals surface area contributed by atoms with Gasteiger partial charge < -0.3 is 0 Å². The maximum absolute atomic E-state index is 12.6. The molecule has 1 heterocycles. The number of aryl methyl sites for hydroxylation is 1. The van der Waals surface area contributed by atoms with Crippen LogP contribution >= 0.6 is 15.9 Å². The van der Waals surface area contributed by atoms with Gasteiger partial charge in [-0.2, -0.15) is 5.10 Å². The Balaban J connectivity index is 2.41. The summed E-state index contributed by atoms with van der Waals surface area (Å²) in [5.41, 5.74) is 3.71. The smallest absolute Gasteiger partial charge is 0.267 e. The number of carbonyl (C=O) groups is 1. The largest absolute Gasteiger partial charge is 0.278 e. The normalized spacial score (nSPS) is 11.1. The van der Waals surface area contributed by atoms with Crippen molar-refractivity contribution in [3.63, 3.8) is 0 Å². The summed E-state index contributed by atoms with van der Waals surface area (Å²) in [5, 5.41) is 4.42. The first-order chi connectivity index (χ1) is 9.40. The molecule has 0 radical (unpaired) electrons. The molecule has 3 nitrogen and oxygen atoms in total. The van der Waals surface area contributed by atoms with Gasteiger partial charge >= 0.3 is 0 Å². The summed E-state index contributed by atoms with van der Waals surface area (Å²) in [6.45, 7) is 8.28. The molecule has 106 valence electrons. The van der Waals surface area contributed by atoms with E-state index in [-0.39, 0.29) is 5.91 Å². The highest BCUT2D eigenvalue weighted by Crippen LogP contribution is 2.19. The molecule has 4 heteroatoms.